The number of esters is 1. The Bertz CT molecular complexity index is 1770. The van der Waals surface area contributed by atoms with Gasteiger partial charge in [0.2, 0.25) is 0 Å². The average Bonchev–Trinajstić information content (AvgIpc) is 3.44. The first-order chi connectivity index (χ1) is 18.8. The van der Waals surface area contributed by atoms with Gasteiger partial charge in [0.25, 0.3) is 17.2 Å². The Kier molecular flexibility index (Phi) is 7.03. The molecule has 1 saturated heterocycles. The van der Waals surface area contributed by atoms with Crippen LogP contribution in [0.4, 0.5) is 5.69 Å². The first-order valence-corrected chi connectivity index (χ1v) is 12.5. The second kappa shape index (κ2) is 10.6. The zero-order valence-electron chi connectivity index (χ0n) is 21.3. The van der Waals surface area contributed by atoms with Gasteiger partial charge < -0.3 is 14.0 Å². The quantitative estimate of drug-likeness (QED) is 0.160. The van der Waals surface area contributed by atoms with Gasteiger partial charge in [-0.3, -0.25) is 24.1 Å². The normalized spacial score (nSPS) is 15.6. The van der Waals surface area contributed by atoms with E-state index in [0.717, 1.165) is 24.5 Å². The van der Waals surface area contributed by atoms with Crippen molar-refractivity contribution in [2.45, 2.75) is 39.3 Å². The predicted octanol–water partition coefficient (Wildman–Crippen LogP) is 2.96. The second-order valence-corrected chi connectivity index (χ2v) is 9.11. The van der Waals surface area contributed by atoms with Crippen LogP contribution in [0.5, 0.6) is 0 Å². The molecular weight excluding hydrogens is 506 g/mol. The molecule has 0 spiro atoms. The van der Waals surface area contributed by atoms with Gasteiger partial charge in [-0.1, -0.05) is 12.1 Å². The van der Waals surface area contributed by atoms with Gasteiger partial charge in [0, 0.05) is 30.5 Å². The zero-order chi connectivity index (χ0) is 27.7. The number of rotatable bonds is 6. The second-order valence-electron chi connectivity index (χ2n) is 9.11. The van der Waals surface area contributed by atoms with Gasteiger partial charge in [0.1, 0.15) is 16.9 Å². The highest BCUT2D eigenvalue weighted by atomic mass is 16.6. The fraction of sp³-hybridized carbons (Fsp3) is 0.296. The summed E-state index contributed by atoms with van der Waals surface area (Å²) in [4.78, 5) is 59.7. The molecule has 4 heterocycles. The van der Waals surface area contributed by atoms with E-state index in [-0.39, 0.29) is 52.6 Å². The van der Waals surface area contributed by atoms with Crippen LogP contribution in [0.1, 0.15) is 46.0 Å². The van der Waals surface area contributed by atoms with Crippen molar-refractivity contribution in [3.63, 3.8) is 0 Å². The summed E-state index contributed by atoms with van der Waals surface area (Å²) in [6.45, 7) is 4.23. The molecule has 0 radical (unpaired) electrons. The molecule has 5 rings (SSSR count). The van der Waals surface area contributed by atoms with Gasteiger partial charge in [-0.15, -0.1) is 0 Å². The Balaban J connectivity index is 1.86. The summed E-state index contributed by atoms with van der Waals surface area (Å²) in [6, 6.07) is 10.0. The van der Waals surface area contributed by atoms with Crippen LogP contribution in [0.25, 0.3) is 16.7 Å². The molecule has 12 nitrogen and oxygen atoms in total. The molecule has 1 fully saturated rings. The van der Waals surface area contributed by atoms with Crippen molar-refractivity contribution < 1.29 is 24.0 Å². The number of benzene rings is 1. The van der Waals surface area contributed by atoms with Crippen LogP contribution < -0.4 is 11.0 Å². The minimum atomic E-state index is -0.807. The third kappa shape index (κ3) is 4.93. The fourth-order valence-electron chi connectivity index (χ4n) is 4.64. The maximum absolute atomic E-state index is 13.6. The van der Waals surface area contributed by atoms with E-state index < -0.39 is 22.4 Å². The van der Waals surface area contributed by atoms with Crippen LogP contribution in [0.15, 0.2) is 58.4 Å². The highest BCUT2D eigenvalue weighted by molar-refractivity contribution is 5.97. The topological polar surface area (TPSA) is 147 Å². The molecule has 1 atom stereocenters. The van der Waals surface area contributed by atoms with Gasteiger partial charge in [-0.25, -0.2) is 9.78 Å². The number of pyridine rings is 2. The monoisotopic (exact) mass is 531 g/mol. The van der Waals surface area contributed by atoms with E-state index in [4.69, 9.17) is 14.5 Å². The maximum Gasteiger partial charge on any atom is 0.341 e. The number of hydrogen-bond acceptors (Lipinski definition) is 8. The molecule has 0 bridgehead atoms. The summed E-state index contributed by atoms with van der Waals surface area (Å²) in [5, 5.41) is 11.4. The number of ether oxygens (including phenoxy) is 2. The number of aromatic nitrogens is 3. The number of nitro benzene ring substituents is 1. The van der Waals surface area contributed by atoms with Crippen LogP contribution in [0.3, 0.4) is 0 Å². The first-order valence-electron chi connectivity index (χ1n) is 12.5. The SMILES string of the molecule is CCOC(=O)c1cc2c(=O)n3cccc(C)c3nc2n(C[C@H]2CCCO2)c1=NC(=O)c1cccc([N+](=O)[O-])c1. The Morgan fingerprint density at radius 1 is 1.23 bits per heavy atom. The molecule has 1 aliphatic heterocycles. The molecule has 39 heavy (non-hydrogen) atoms. The Labute approximate surface area is 221 Å². The minimum absolute atomic E-state index is 0.0369. The predicted molar refractivity (Wildman–Crippen MR) is 140 cm³/mol. The average molecular weight is 532 g/mol. The first kappa shape index (κ1) is 25.9. The number of amides is 1. The summed E-state index contributed by atoms with van der Waals surface area (Å²) >= 11 is 0. The Hall–Kier alpha value is -4.71. The van der Waals surface area contributed by atoms with Gasteiger partial charge in [-0.05, 0) is 50.5 Å². The molecule has 4 aromatic rings. The minimum Gasteiger partial charge on any atom is -0.462 e. The van der Waals surface area contributed by atoms with Gasteiger partial charge in [-0.2, -0.15) is 4.99 Å². The van der Waals surface area contributed by atoms with Crippen molar-refractivity contribution >= 4 is 34.2 Å². The maximum atomic E-state index is 13.6. The highest BCUT2D eigenvalue weighted by Crippen LogP contribution is 2.19. The molecule has 200 valence electrons. The van der Waals surface area contributed by atoms with Crippen molar-refractivity contribution in [3.8, 4) is 0 Å². The van der Waals surface area contributed by atoms with Crippen LogP contribution in [0, 0.1) is 17.0 Å². The van der Waals surface area contributed by atoms with E-state index in [0.29, 0.717) is 12.3 Å². The number of carbonyl (C=O) groups is 2. The summed E-state index contributed by atoms with van der Waals surface area (Å²) < 4.78 is 14.0. The van der Waals surface area contributed by atoms with Gasteiger partial charge >= 0.3 is 5.97 Å². The van der Waals surface area contributed by atoms with Crippen molar-refractivity contribution in [1.29, 1.82) is 0 Å². The van der Waals surface area contributed by atoms with Gasteiger partial charge in [0.15, 0.2) is 5.49 Å². The number of nitrogens with zero attached hydrogens (tertiary/aromatic N) is 5. The number of non-ortho nitro benzene ring substituents is 1. The van der Waals surface area contributed by atoms with E-state index >= 15 is 0 Å². The van der Waals surface area contributed by atoms with Crippen LogP contribution in [-0.2, 0) is 16.0 Å². The Morgan fingerprint density at radius 3 is 2.77 bits per heavy atom. The number of aryl methyl sites for hydroxylation is 1. The smallest absolute Gasteiger partial charge is 0.341 e. The van der Waals surface area contributed by atoms with E-state index in [1.54, 1.807) is 23.8 Å². The van der Waals surface area contributed by atoms with E-state index in [1.165, 1.54) is 28.7 Å². The molecule has 0 aliphatic carbocycles. The van der Waals surface area contributed by atoms with Crippen molar-refractivity contribution in [2.24, 2.45) is 4.99 Å². The molecule has 3 aromatic heterocycles. The summed E-state index contributed by atoms with van der Waals surface area (Å²) in [5.41, 5.74) is 0.502. The molecule has 12 heteroatoms. The lowest BCUT2D eigenvalue weighted by Gasteiger charge is -2.18. The fourth-order valence-corrected chi connectivity index (χ4v) is 4.64. The van der Waals surface area contributed by atoms with Crippen molar-refractivity contribution in [1.82, 2.24) is 14.0 Å². The van der Waals surface area contributed by atoms with E-state index in [1.807, 2.05) is 13.0 Å². The zero-order valence-corrected chi connectivity index (χ0v) is 21.3. The molecule has 0 N–H and O–H groups in total. The lowest BCUT2D eigenvalue weighted by atomic mass is 10.1. The summed E-state index contributed by atoms with van der Waals surface area (Å²) in [7, 11) is 0. The number of hydrogen-bond donors (Lipinski definition) is 0. The van der Waals surface area contributed by atoms with Gasteiger partial charge in [0.05, 0.1) is 29.6 Å². The third-order valence-electron chi connectivity index (χ3n) is 6.52. The highest BCUT2D eigenvalue weighted by Gasteiger charge is 2.24. The van der Waals surface area contributed by atoms with E-state index in [2.05, 4.69) is 4.99 Å². The lowest BCUT2D eigenvalue weighted by molar-refractivity contribution is -0.384. The van der Waals surface area contributed by atoms with Crippen molar-refractivity contribution in [3.05, 3.63) is 91.3 Å². The van der Waals surface area contributed by atoms with Crippen LogP contribution in [0.2, 0.25) is 0 Å². The summed E-state index contributed by atoms with van der Waals surface area (Å²) in [5.74, 6) is -1.58. The number of fused-ring (bicyclic) bond motifs is 2. The largest absolute Gasteiger partial charge is 0.462 e. The molecule has 1 aliphatic rings. The molecule has 1 aromatic carbocycles. The molecule has 1 amide bonds. The van der Waals surface area contributed by atoms with Crippen LogP contribution in [-0.4, -0.2) is 50.1 Å². The molecule has 0 unspecified atom stereocenters. The van der Waals surface area contributed by atoms with E-state index in [9.17, 15) is 24.5 Å². The number of nitro groups is 1. The standard InChI is InChI=1S/C27H25N5O7/c1-3-38-27(35)21-14-20-23(28-22-16(2)7-5-11-30(22)26(20)34)31(15-19-10-6-12-39-19)24(21)29-25(33)17-8-4-9-18(13-17)32(36)37/h4-5,7-9,11,13-14,19H,3,6,10,12,15H2,1-2H3/t19-/m1/s1. The summed E-state index contributed by atoms with van der Waals surface area (Å²) in [6.07, 6.45) is 2.88. The Morgan fingerprint density at radius 2 is 2.05 bits per heavy atom. The van der Waals surface area contributed by atoms with Crippen molar-refractivity contribution in [2.75, 3.05) is 13.2 Å². The molecule has 0 saturated carbocycles. The lowest BCUT2D eigenvalue weighted by Crippen LogP contribution is -2.35. The third-order valence-corrected chi connectivity index (χ3v) is 6.52. The molecular formula is C27H25N5O7. The van der Waals surface area contributed by atoms with Crippen LogP contribution >= 0.6 is 0 Å². The number of carbonyl (C=O) groups excluding carboxylic acids is 2.